The lowest BCUT2D eigenvalue weighted by atomic mass is 10.1. The average Bonchev–Trinajstić information content (AvgIpc) is 3.18. The molecule has 0 saturated heterocycles. The molecule has 0 aliphatic rings. The third kappa shape index (κ3) is 4.54. The van der Waals surface area contributed by atoms with E-state index in [4.69, 9.17) is 11.6 Å². The standard InChI is InChI=1S/C23H20ClN3O2S2/c1-13-9-14(2)11-16(10-13)27-22(29)21-19(7-8-30-21)26-23(27)31-12-20(28)25-18-6-4-5-17(24)15(18)3/h4-11H,12H2,1-3H3,(H,25,28). The molecule has 2 aromatic carbocycles. The van der Waals surface area contributed by atoms with Crippen LogP contribution in [-0.2, 0) is 4.79 Å². The van der Waals surface area contributed by atoms with Crippen molar-refractivity contribution in [3.63, 3.8) is 0 Å². The number of rotatable bonds is 5. The van der Waals surface area contributed by atoms with Crippen LogP contribution in [0.5, 0.6) is 0 Å². The molecular weight excluding hydrogens is 450 g/mol. The van der Waals surface area contributed by atoms with Gasteiger partial charge in [0.25, 0.3) is 5.56 Å². The summed E-state index contributed by atoms with van der Waals surface area (Å²) in [5, 5.41) is 5.82. The van der Waals surface area contributed by atoms with Gasteiger partial charge in [0, 0.05) is 10.7 Å². The van der Waals surface area contributed by atoms with Crippen molar-refractivity contribution >= 4 is 56.5 Å². The van der Waals surface area contributed by atoms with Gasteiger partial charge >= 0.3 is 0 Å². The van der Waals surface area contributed by atoms with Gasteiger partial charge in [0.1, 0.15) is 4.70 Å². The molecule has 0 unspecified atom stereocenters. The number of amides is 1. The number of thioether (sulfide) groups is 1. The molecule has 4 rings (SSSR count). The van der Waals surface area contributed by atoms with Crippen molar-refractivity contribution in [2.45, 2.75) is 25.9 Å². The number of carbonyl (C=O) groups excluding carboxylic acids is 1. The second-order valence-electron chi connectivity index (χ2n) is 7.27. The normalized spacial score (nSPS) is 11.1. The first kappa shape index (κ1) is 21.6. The van der Waals surface area contributed by atoms with Crippen LogP contribution in [-0.4, -0.2) is 21.2 Å². The first-order valence-electron chi connectivity index (χ1n) is 9.60. The third-order valence-corrected chi connectivity index (χ3v) is 7.03. The van der Waals surface area contributed by atoms with E-state index in [1.165, 1.54) is 23.1 Å². The van der Waals surface area contributed by atoms with E-state index >= 15 is 0 Å². The molecule has 0 aliphatic heterocycles. The van der Waals surface area contributed by atoms with Crippen LogP contribution in [0.2, 0.25) is 5.02 Å². The van der Waals surface area contributed by atoms with Gasteiger partial charge in [0.05, 0.1) is 17.0 Å². The van der Waals surface area contributed by atoms with E-state index in [9.17, 15) is 9.59 Å². The number of aryl methyl sites for hydroxylation is 2. The zero-order valence-electron chi connectivity index (χ0n) is 17.2. The Kier molecular flexibility index (Phi) is 6.18. The van der Waals surface area contributed by atoms with E-state index in [2.05, 4.69) is 16.4 Å². The number of carbonyl (C=O) groups is 1. The first-order chi connectivity index (χ1) is 14.8. The summed E-state index contributed by atoms with van der Waals surface area (Å²) in [5.41, 5.74) is 4.86. The maximum Gasteiger partial charge on any atom is 0.276 e. The number of nitrogens with zero attached hydrogens (tertiary/aromatic N) is 2. The maximum atomic E-state index is 13.3. The quantitative estimate of drug-likeness (QED) is 0.298. The molecule has 1 amide bonds. The molecule has 158 valence electrons. The minimum Gasteiger partial charge on any atom is -0.325 e. The van der Waals surface area contributed by atoms with Crippen molar-refractivity contribution in [1.82, 2.24) is 9.55 Å². The second kappa shape index (κ2) is 8.86. The fourth-order valence-corrected chi connectivity index (χ4v) is 5.10. The summed E-state index contributed by atoms with van der Waals surface area (Å²) in [7, 11) is 0. The Balaban J connectivity index is 1.67. The van der Waals surface area contributed by atoms with Crippen LogP contribution in [0.3, 0.4) is 0 Å². The number of aromatic nitrogens is 2. The van der Waals surface area contributed by atoms with Crippen LogP contribution in [0.4, 0.5) is 5.69 Å². The van der Waals surface area contributed by atoms with E-state index in [1.807, 2.05) is 50.4 Å². The van der Waals surface area contributed by atoms with Gasteiger partial charge < -0.3 is 5.32 Å². The van der Waals surface area contributed by atoms with E-state index in [-0.39, 0.29) is 17.2 Å². The molecule has 2 aromatic heterocycles. The van der Waals surface area contributed by atoms with Crippen LogP contribution in [0, 0.1) is 20.8 Å². The van der Waals surface area contributed by atoms with Gasteiger partial charge in [-0.25, -0.2) is 4.98 Å². The lowest BCUT2D eigenvalue weighted by molar-refractivity contribution is -0.113. The summed E-state index contributed by atoms with van der Waals surface area (Å²) in [4.78, 5) is 30.5. The molecule has 31 heavy (non-hydrogen) atoms. The summed E-state index contributed by atoms with van der Waals surface area (Å²) in [6.07, 6.45) is 0. The minimum atomic E-state index is -0.193. The minimum absolute atomic E-state index is 0.110. The number of fused-ring (bicyclic) bond motifs is 1. The number of anilines is 1. The van der Waals surface area contributed by atoms with Crippen LogP contribution in [0.15, 0.2) is 57.8 Å². The molecule has 0 saturated carbocycles. The number of hydrogen-bond acceptors (Lipinski definition) is 5. The SMILES string of the molecule is Cc1cc(C)cc(-n2c(SCC(=O)Nc3cccc(Cl)c3C)nc3ccsc3c2=O)c1. The molecule has 5 nitrogen and oxygen atoms in total. The molecule has 0 radical (unpaired) electrons. The number of thiophene rings is 1. The fraction of sp³-hybridized carbons (Fsp3) is 0.174. The largest absolute Gasteiger partial charge is 0.325 e. The number of benzene rings is 2. The highest BCUT2D eigenvalue weighted by molar-refractivity contribution is 7.99. The van der Waals surface area contributed by atoms with Gasteiger partial charge in [-0.2, -0.15) is 0 Å². The van der Waals surface area contributed by atoms with Crippen LogP contribution >= 0.6 is 34.7 Å². The fourth-order valence-electron chi connectivity index (χ4n) is 3.36. The van der Waals surface area contributed by atoms with Gasteiger partial charge in [-0.05, 0) is 73.2 Å². The molecule has 0 bridgehead atoms. The summed E-state index contributed by atoms with van der Waals surface area (Å²) in [6.45, 7) is 5.84. The number of nitrogens with one attached hydrogen (secondary N) is 1. The number of halogens is 1. The van der Waals surface area contributed by atoms with Crippen molar-refractivity contribution in [2.75, 3.05) is 11.1 Å². The lowest BCUT2D eigenvalue weighted by Crippen LogP contribution is -2.22. The topological polar surface area (TPSA) is 64.0 Å². The van der Waals surface area contributed by atoms with Gasteiger partial charge in [0.2, 0.25) is 5.91 Å². The van der Waals surface area contributed by atoms with E-state index < -0.39 is 0 Å². The van der Waals surface area contributed by atoms with Crippen molar-refractivity contribution < 1.29 is 4.79 Å². The second-order valence-corrected chi connectivity index (χ2v) is 9.53. The highest BCUT2D eigenvalue weighted by Gasteiger charge is 2.16. The van der Waals surface area contributed by atoms with E-state index in [1.54, 1.807) is 16.7 Å². The summed E-state index contributed by atoms with van der Waals surface area (Å²) in [6, 6.07) is 13.2. The van der Waals surface area contributed by atoms with Crippen LogP contribution in [0.25, 0.3) is 15.9 Å². The van der Waals surface area contributed by atoms with E-state index in [0.29, 0.717) is 26.1 Å². The highest BCUT2D eigenvalue weighted by atomic mass is 35.5. The smallest absolute Gasteiger partial charge is 0.276 e. The Hall–Kier alpha value is -2.61. The molecule has 4 aromatic rings. The molecule has 0 aliphatic carbocycles. The number of hydrogen-bond donors (Lipinski definition) is 1. The van der Waals surface area contributed by atoms with Crippen molar-refractivity contribution in [3.05, 3.63) is 79.9 Å². The molecule has 0 spiro atoms. The molecule has 0 atom stereocenters. The first-order valence-corrected chi connectivity index (χ1v) is 11.8. The third-order valence-electron chi connectivity index (χ3n) is 4.79. The van der Waals surface area contributed by atoms with E-state index in [0.717, 1.165) is 22.4 Å². The van der Waals surface area contributed by atoms with Crippen LogP contribution in [0.1, 0.15) is 16.7 Å². The summed E-state index contributed by atoms with van der Waals surface area (Å²) in [5.74, 6) is -0.0826. The molecule has 1 N–H and O–H groups in total. The maximum absolute atomic E-state index is 13.3. The summed E-state index contributed by atoms with van der Waals surface area (Å²) < 4.78 is 2.20. The Bertz CT molecular complexity index is 1340. The lowest BCUT2D eigenvalue weighted by Gasteiger charge is -2.14. The Morgan fingerprint density at radius 1 is 1.16 bits per heavy atom. The molecule has 8 heteroatoms. The predicted molar refractivity (Wildman–Crippen MR) is 130 cm³/mol. The monoisotopic (exact) mass is 469 g/mol. The molecule has 2 heterocycles. The molecule has 0 fully saturated rings. The Labute approximate surface area is 193 Å². The van der Waals surface area contributed by atoms with Crippen LogP contribution < -0.4 is 10.9 Å². The van der Waals surface area contributed by atoms with Gasteiger partial charge in [-0.3, -0.25) is 14.2 Å². The van der Waals surface area contributed by atoms with Gasteiger partial charge in [-0.15, -0.1) is 11.3 Å². The zero-order chi connectivity index (χ0) is 22.1. The average molecular weight is 470 g/mol. The predicted octanol–water partition coefficient (Wildman–Crippen LogP) is 5.76. The highest BCUT2D eigenvalue weighted by Crippen LogP contribution is 2.26. The van der Waals surface area contributed by atoms with Crippen molar-refractivity contribution in [3.8, 4) is 5.69 Å². The summed E-state index contributed by atoms with van der Waals surface area (Å²) >= 11 is 8.75. The Morgan fingerprint density at radius 3 is 2.65 bits per heavy atom. The zero-order valence-corrected chi connectivity index (χ0v) is 19.6. The van der Waals surface area contributed by atoms with Gasteiger partial charge in [0.15, 0.2) is 5.16 Å². The van der Waals surface area contributed by atoms with Crippen molar-refractivity contribution in [1.29, 1.82) is 0 Å². The molecular formula is C23H20ClN3O2S2. The Morgan fingerprint density at radius 2 is 1.90 bits per heavy atom. The van der Waals surface area contributed by atoms with Gasteiger partial charge in [-0.1, -0.05) is 35.5 Å². The van der Waals surface area contributed by atoms with Crippen molar-refractivity contribution in [2.24, 2.45) is 0 Å².